The molecule has 0 amide bonds. The summed E-state index contributed by atoms with van der Waals surface area (Å²) in [5.41, 5.74) is 1.46. The predicted molar refractivity (Wildman–Crippen MR) is 84.1 cm³/mol. The molecule has 0 radical (unpaired) electrons. The fourth-order valence-electron chi connectivity index (χ4n) is 2.26. The molecule has 0 aliphatic heterocycles. The lowest BCUT2D eigenvalue weighted by molar-refractivity contribution is -0.145. The highest BCUT2D eigenvalue weighted by molar-refractivity contribution is 5.72. The van der Waals surface area contributed by atoms with Crippen molar-refractivity contribution in [2.75, 3.05) is 0 Å². The molecule has 0 unspecified atom stereocenters. The van der Waals surface area contributed by atoms with Crippen LogP contribution in [0.5, 0.6) is 0 Å². The van der Waals surface area contributed by atoms with Crippen LogP contribution in [0.2, 0.25) is 0 Å². The fourth-order valence-corrected chi connectivity index (χ4v) is 2.26. The summed E-state index contributed by atoms with van der Waals surface area (Å²) in [5.74, 6) is 0.987. The number of esters is 1. The first-order valence-corrected chi connectivity index (χ1v) is 7.64. The smallest absolute Gasteiger partial charge is 0.306 e. The molecule has 4 rings (SSSR count). The number of oxazole rings is 1. The third-order valence-corrected chi connectivity index (χ3v) is 3.44. The molecule has 0 aliphatic rings. The van der Waals surface area contributed by atoms with Crippen LogP contribution in [0.4, 0.5) is 0 Å². The molecular formula is C17H13N3O5. The van der Waals surface area contributed by atoms with Gasteiger partial charge < -0.3 is 18.0 Å². The Labute approximate surface area is 141 Å². The molecule has 25 heavy (non-hydrogen) atoms. The van der Waals surface area contributed by atoms with Gasteiger partial charge in [-0.25, -0.2) is 4.98 Å². The minimum absolute atomic E-state index is 0.0971. The molecule has 0 atom stereocenters. The number of furan rings is 1. The van der Waals surface area contributed by atoms with Gasteiger partial charge in [-0.2, -0.15) is 0 Å². The van der Waals surface area contributed by atoms with E-state index in [-0.39, 0.29) is 24.8 Å². The number of aryl methyl sites for hydroxylation is 1. The monoisotopic (exact) mass is 339 g/mol. The van der Waals surface area contributed by atoms with Gasteiger partial charge in [-0.3, -0.25) is 4.79 Å². The maximum Gasteiger partial charge on any atom is 0.306 e. The summed E-state index contributed by atoms with van der Waals surface area (Å²) in [7, 11) is 0. The number of hydrogen-bond donors (Lipinski definition) is 0. The Morgan fingerprint density at radius 3 is 2.80 bits per heavy atom. The van der Waals surface area contributed by atoms with Crippen molar-refractivity contribution in [3.8, 4) is 11.7 Å². The topological polar surface area (TPSA) is 104 Å². The van der Waals surface area contributed by atoms with Gasteiger partial charge in [0, 0.05) is 6.42 Å². The Morgan fingerprint density at radius 1 is 1.04 bits per heavy atom. The molecule has 126 valence electrons. The predicted octanol–water partition coefficient (Wildman–Crippen LogP) is 3.15. The van der Waals surface area contributed by atoms with Crippen molar-refractivity contribution in [2.24, 2.45) is 0 Å². The molecule has 8 nitrogen and oxygen atoms in total. The van der Waals surface area contributed by atoms with Crippen molar-refractivity contribution in [3.05, 3.63) is 54.4 Å². The first-order valence-electron chi connectivity index (χ1n) is 7.64. The summed E-state index contributed by atoms with van der Waals surface area (Å²) in [5, 5.41) is 7.63. The van der Waals surface area contributed by atoms with E-state index >= 15 is 0 Å². The second kappa shape index (κ2) is 6.60. The summed E-state index contributed by atoms with van der Waals surface area (Å²) >= 11 is 0. The van der Waals surface area contributed by atoms with E-state index in [1.54, 1.807) is 12.1 Å². The third-order valence-electron chi connectivity index (χ3n) is 3.44. The number of para-hydroxylation sites is 2. The van der Waals surface area contributed by atoms with E-state index in [9.17, 15) is 4.79 Å². The molecule has 3 aromatic heterocycles. The van der Waals surface area contributed by atoms with Gasteiger partial charge in [-0.15, -0.1) is 10.2 Å². The molecule has 3 heterocycles. The van der Waals surface area contributed by atoms with Crippen LogP contribution in [0.25, 0.3) is 22.8 Å². The molecule has 0 aliphatic carbocycles. The van der Waals surface area contributed by atoms with E-state index in [1.165, 1.54) is 6.26 Å². The summed E-state index contributed by atoms with van der Waals surface area (Å²) in [4.78, 5) is 16.1. The molecule has 0 fully saturated rings. The van der Waals surface area contributed by atoms with Crippen LogP contribution in [0, 0.1) is 0 Å². The highest BCUT2D eigenvalue weighted by Gasteiger charge is 2.13. The van der Waals surface area contributed by atoms with E-state index in [2.05, 4.69) is 15.2 Å². The Bertz CT molecular complexity index is 954. The third kappa shape index (κ3) is 3.42. The zero-order chi connectivity index (χ0) is 17.1. The van der Waals surface area contributed by atoms with Gasteiger partial charge in [0.15, 0.2) is 23.8 Å². The SMILES string of the molecule is O=C(CCc1nc2ccccc2o1)OCc1nnc(-c2ccco2)o1. The Kier molecular flexibility index (Phi) is 3.99. The zero-order valence-corrected chi connectivity index (χ0v) is 13.0. The van der Waals surface area contributed by atoms with Crippen LogP contribution in [-0.2, 0) is 22.6 Å². The lowest BCUT2D eigenvalue weighted by Crippen LogP contribution is -2.06. The molecule has 0 saturated heterocycles. The van der Waals surface area contributed by atoms with Crippen molar-refractivity contribution < 1.29 is 22.8 Å². The second-order valence-corrected chi connectivity index (χ2v) is 5.21. The zero-order valence-electron chi connectivity index (χ0n) is 13.0. The number of hydrogen-bond acceptors (Lipinski definition) is 8. The number of rotatable bonds is 6. The Morgan fingerprint density at radius 2 is 1.96 bits per heavy atom. The maximum atomic E-state index is 11.8. The Hall–Kier alpha value is -3.42. The lowest BCUT2D eigenvalue weighted by atomic mass is 10.3. The number of fused-ring (bicyclic) bond motifs is 1. The van der Waals surface area contributed by atoms with Crippen LogP contribution in [0.15, 0.2) is 55.9 Å². The average molecular weight is 339 g/mol. The van der Waals surface area contributed by atoms with Gasteiger partial charge >= 0.3 is 5.97 Å². The van der Waals surface area contributed by atoms with E-state index in [0.717, 1.165) is 5.52 Å². The molecule has 4 aromatic rings. The first kappa shape index (κ1) is 15.1. The summed E-state index contributed by atoms with van der Waals surface area (Å²) < 4.78 is 21.2. The van der Waals surface area contributed by atoms with E-state index in [0.29, 0.717) is 23.7 Å². The van der Waals surface area contributed by atoms with Crippen molar-refractivity contribution >= 4 is 17.1 Å². The lowest BCUT2D eigenvalue weighted by Gasteiger charge is -2.00. The minimum Gasteiger partial charge on any atom is -0.459 e. The van der Waals surface area contributed by atoms with Gasteiger partial charge in [0.2, 0.25) is 0 Å². The number of carbonyl (C=O) groups excluding carboxylic acids is 1. The highest BCUT2D eigenvalue weighted by atomic mass is 16.5. The first-order chi connectivity index (χ1) is 12.3. The molecule has 0 bridgehead atoms. The van der Waals surface area contributed by atoms with Gasteiger partial charge in [0.1, 0.15) is 5.52 Å². The van der Waals surface area contributed by atoms with E-state index in [4.69, 9.17) is 18.0 Å². The largest absolute Gasteiger partial charge is 0.459 e. The van der Waals surface area contributed by atoms with E-state index < -0.39 is 5.97 Å². The normalized spacial score (nSPS) is 11.0. The number of aromatic nitrogens is 3. The number of ether oxygens (including phenoxy) is 1. The molecular weight excluding hydrogens is 326 g/mol. The van der Waals surface area contributed by atoms with Gasteiger partial charge in [0.05, 0.1) is 12.7 Å². The van der Waals surface area contributed by atoms with Crippen molar-refractivity contribution in [3.63, 3.8) is 0 Å². The van der Waals surface area contributed by atoms with Crippen molar-refractivity contribution in [1.29, 1.82) is 0 Å². The standard InChI is InChI=1S/C17H13N3O5/c21-16(8-7-14-18-11-4-1-2-5-12(11)24-14)23-10-15-19-20-17(25-15)13-6-3-9-22-13/h1-6,9H,7-8,10H2. The summed E-state index contributed by atoms with van der Waals surface area (Å²) in [6, 6.07) is 10.8. The summed E-state index contributed by atoms with van der Waals surface area (Å²) in [6.45, 7) is -0.0971. The maximum absolute atomic E-state index is 11.8. The number of carbonyl (C=O) groups is 1. The quantitative estimate of drug-likeness (QED) is 0.493. The van der Waals surface area contributed by atoms with Gasteiger partial charge in [0.25, 0.3) is 11.8 Å². The van der Waals surface area contributed by atoms with Gasteiger partial charge in [-0.05, 0) is 24.3 Å². The van der Waals surface area contributed by atoms with Crippen molar-refractivity contribution in [1.82, 2.24) is 15.2 Å². The number of nitrogens with zero attached hydrogens (tertiary/aromatic N) is 3. The molecule has 0 saturated carbocycles. The minimum atomic E-state index is -0.403. The molecule has 8 heteroatoms. The van der Waals surface area contributed by atoms with Crippen LogP contribution in [0.1, 0.15) is 18.2 Å². The van der Waals surface area contributed by atoms with Crippen LogP contribution in [-0.4, -0.2) is 21.2 Å². The molecule has 0 N–H and O–H groups in total. The van der Waals surface area contributed by atoms with E-state index in [1.807, 2.05) is 24.3 Å². The molecule has 0 spiro atoms. The van der Waals surface area contributed by atoms with Gasteiger partial charge in [-0.1, -0.05) is 12.1 Å². The Balaban J connectivity index is 1.29. The molecule has 1 aromatic carbocycles. The average Bonchev–Trinajstić information content (AvgIpc) is 3.37. The summed E-state index contributed by atoms with van der Waals surface area (Å²) in [6.07, 6.45) is 2.01. The fraction of sp³-hybridized carbons (Fsp3) is 0.176. The highest BCUT2D eigenvalue weighted by Crippen LogP contribution is 2.18. The second-order valence-electron chi connectivity index (χ2n) is 5.21. The number of benzene rings is 1. The van der Waals surface area contributed by atoms with Crippen molar-refractivity contribution in [2.45, 2.75) is 19.4 Å². The van der Waals surface area contributed by atoms with Crippen LogP contribution >= 0.6 is 0 Å². The van der Waals surface area contributed by atoms with Crippen LogP contribution < -0.4 is 0 Å². The van der Waals surface area contributed by atoms with Crippen LogP contribution in [0.3, 0.4) is 0 Å².